The Morgan fingerprint density at radius 3 is 3.00 bits per heavy atom. The molecule has 1 saturated heterocycles. The summed E-state index contributed by atoms with van der Waals surface area (Å²) in [5.74, 6) is 0.598. The van der Waals surface area contributed by atoms with Gasteiger partial charge in [0, 0.05) is 31.4 Å². The van der Waals surface area contributed by atoms with Gasteiger partial charge in [0.1, 0.15) is 0 Å². The Morgan fingerprint density at radius 1 is 1.35 bits per heavy atom. The van der Waals surface area contributed by atoms with E-state index in [1.807, 2.05) is 24.3 Å². The number of ether oxygens (including phenoxy) is 1. The van der Waals surface area contributed by atoms with Gasteiger partial charge in [-0.15, -0.1) is 0 Å². The molecule has 2 heterocycles. The number of rotatable bonds is 4. The minimum atomic E-state index is -0.00579. The lowest BCUT2D eigenvalue weighted by molar-refractivity contribution is -0.116. The topological polar surface area (TPSA) is 70.2 Å². The van der Waals surface area contributed by atoms with Crippen molar-refractivity contribution in [3.05, 3.63) is 24.3 Å². The predicted molar refractivity (Wildman–Crippen MR) is 76.6 cm³/mol. The van der Waals surface area contributed by atoms with Crippen molar-refractivity contribution >= 4 is 22.6 Å². The number of carbonyl (C=O) groups excluding carboxylic acids is 1. The molecule has 0 radical (unpaired) electrons. The Labute approximate surface area is 117 Å². The number of aromatic amines is 1. The molecular formula is C14H18N4O2. The smallest absolute Gasteiger partial charge is 0.226 e. The Morgan fingerprint density at radius 2 is 2.15 bits per heavy atom. The highest BCUT2D eigenvalue weighted by Crippen LogP contribution is 2.19. The van der Waals surface area contributed by atoms with Crippen LogP contribution in [0.5, 0.6) is 0 Å². The van der Waals surface area contributed by atoms with Crippen LogP contribution in [0.15, 0.2) is 24.3 Å². The van der Waals surface area contributed by atoms with E-state index in [4.69, 9.17) is 4.74 Å². The average Bonchev–Trinajstić information content (AvgIpc) is 2.90. The fourth-order valence-electron chi connectivity index (χ4n) is 2.34. The molecule has 3 rings (SSSR count). The van der Waals surface area contributed by atoms with E-state index in [-0.39, 0.29) is 5.91 Å². The summed E-state index contributed by atoms with van der Waals surface area (Å²) in [6.45, 7) is 4.08. The van der Waals surface area contributed by atoms with Gasteiger partial charge in [0.05, 0.1) is 18.7 Å². The van der Waals surface area contributed by atoms with Crippen LogP contribution in [-0.4, -0.2) is 53.9 Å². The SMILES string of the molecule is O=C(CCN1CCOCC1)Nc1n[nH]c2ccccc12. The lowest BCUT2D eigenvalue weighted by Crippen LogP contribution is -2.38. The fraction of sp³-hybridized carbons (Fsp3) is 0.429. The zero-order chi connectivity index (χ0) is 13.8. The highest BCUT2D eigenvalue weighted by atomic mass is 16.5. The largest absolute Gasteiger partial charge is 0.379 e. The van der Waals surface area contributed by atoms with E-state index in [1.54, 1.807) is 0 Å². The van der Waals surface area contributed by atoms with Gasteiger partial charge in [-0.25, -0.2) is 0 Å². The Bertz CT molecular complexity index is 590. The zero-order valence-corrected chi connectivity index (χ0v) is 11.3. The van der Waals surface area contributed by atoms with Crippen molar-refractivity contribution in [1.82, 2.24) is 15.1 Å². The van der Waals surface area contributed by atoms with Crippen LogP contribution >= 0.6 is 0 Å². The molecule has 1 aromatic heterocycles. The quantitative estimate of drug-likeness (QED) is 0.879. The van der Waals surface area contributed by atoms with Crippen molar-refractivity contribution in [1.29, 1.82) is 0 Å². The molecule has 1 aliphatic heterocycles. The molecule has 2 aromatic rings. The van der Waals surface area contributed by atoms with Crippen LogP contribution in [-0.2, 0) is 9.53 Å². The van der Waals surface area contributed by atoms with Crippen molar-refractivity contribution in [3.63, 3.8) is 0 Å². The predicted octanol–water partition coefficient (Wildman–Crippen LogP) is 1.22. The van der Waals surface area contributed by atoms with Crippen LogP contribution in [0.4, 0.5) is 5.82 Å². The molecule has 1 amide bonds. The maximum atomic E-state index is 12.0. The zero-order valence-electron chi connectivity index (χ0n) is 11.3. The number of carbonyl (C=O) groups is 1. The number of hydrogen-bond donors (Lipinski definition) is 2. The van der Waals surface area contributed by atoms with E-state index in [0.29, 0.717) is 12.2 Å². The maximum absolute atomic E-state index is 12.0. The summed E-state index contributed by atoms with van der Waals surface area (Å²) in [5, 5.41) is 10.8. The molecule has 1 aliphatic rings. The maximum Gasteiger partial charge on any atom is 0.226 e. The number of anilines is 1. The molecule has 106 valence electrons. The van der Waals surface area contributed by atoms with Crippen LogP contribution < -0.4 is 5.32 Å². The van der Waals surface area contributed by atoms with Crippen LogP contribution in [0, 0.1) is 0 Å². The lowest BCUT2D eigenvalue weighted by Gasteiger charge is -2.26. The molecule has 0 saturated carbocycles. The van der Waals surface area contributed by atoms with Gasteiger partial charge < -0.3 is 10.1 Å². The normalized spacial score (nSPS) is 16.4. The molecule has 0 spiro atoms. The monoisotopic (exact) mass is 274 g/mol. The van der Waals surface area contributed by atoms with Gasteiger partial charge in [-0.1, -0.05) is 12.1 Å². The Balaban J connectivity index is 1.55. The highest BCUT2D eigenvalue weighted by molar-refractivity contribution is 5.99. The summed E-state index contributed by atoms with van der Waals surface area (Å²) in [5.41, 5.74) is 0.927. The van der Waals surface area contributed by atoms with Gasteiger partial charge in [-0.05, 0) is 12.1 Å². The van der Waals surface area contributed by atoms with Gasteiger partial charge in [0.15, 0.2) is 5.82 Å². The number of fused-ring (bicyclic) bond motifs is 1. The summed E-state index contributed by atoms with van der Waals surface area (Å²) < 4.78 is 5.28. The summed E-state index contributed by atoms with van der Waals surface area (Å²) in [6, 6.07) is 7.74. The number of nitrogens with zero attached hydrogens (tertiary/aromatic N) is 2. The Kier molecular flexibility index (Phi) is 3.94. The Hall–Kier alpha value is -1.92. The number of morpholine rings is 1. The first kappa shape index (κ1) is 13.1. The number of benzene rings is 1. The summed E-state index contributed by atoms with van der Waals surface area (Å²) in [7, 11) is 0. The van der Waals surface area contributed by atoms with Crippen LogP contribution in [0.2, 0.25) is 0 Å². The van der Waals surface area contributed by atoms with Gasteiger partial charge in [0.2, 0.25) is 5.91 Å². The first-order valence-corrected chi connectivity index (χ1v) is 6.86. The molecule has 6 heteroatoms. The second kappa shape index (κ2) is 6.02. The molecule has 2 N–H and O–H groups in total. The molecule has 1 aromatic carbocycles. The van der Waals surface area contributed by atoms with Gasteiger partial charge in [-0.3, -0.25) is 14.8 Å². The summed E-state index contributed by atoms with van der Waals surface area (Å²) >= 11 is 0. The lowest BCUT2D eigenvalue weighted by atomic mass is 10.2. The number of amides is 1. The number of aromatic nitrogens is 2. The van der Waals surface area contributed by atoms with E-state index in [1.165, 1.54) is 0 Å². The van der Waals surface area contributed by atoms with Crippen molar-refractivity contribution < 1.29 is 9.53 Å². The molecule has 20 heavy (non-hydrogen) atoms. The van der Waals surface area contributed by atoms with E-state index >= 15 is 0 Å². The molecule has 1 fully saturated rings. The third-order valence-corrected chi connectivity index (χ3v) is 3.49. The van der Waals surface area contributed by atoms with E-state index in [0.717, 1.165) is 43.8 Å². The van der Waals surface area contributed by atoms with Crippen molar-refractivity contribution in [2.24, 2.45) is 0 Å². The highest BCUT2D eigenvalue weighted by Gasteiger charge is 2.13. The van der Waals surface area contributed by atoms with Gasteiger partial charge in [0.25, 0.3) is 0 Å². The molecule has 0 bridgehead atoms. The second-order valence-electron chi connectivity index (χ2n) is 4.87. The molecule has 0 aliphatic carbocycles. The minimum Gasteiger partial charge on any atom is -0.379 e. The third kappa shape index (κ3) is 2.97. The average molecular weight is 274 g/mol. The number of para-hydroxylation sites is 1. The fourth-order valence-corrected chi connectivity index (χ4v) is 2.34. The summed E-state index contributed by atoms with van der Waals surface area (Å²) in [6.07, 6.45) is 0.473. The molecule has 0 unspecified atom stereocenters. The van der Waals surface area contributed by atoms with Gasteiger partial charge >= 0.3 is 0 Å². The first-order chi connectivity index (χ1) is 9.83. The number of H-pyrrole nitrogens is 1. The van der Waals surface area contributed by atoms with E-state index in [2.05, 4.69) is 20.4 Å². The minimum absolute atomic E-state index is 0.00579. The first-order valence-electron chi connectivity index (χ1n) is 6.86. The number of nitrogens with one attached hydrogen (secondary N) is 2. The second-order valence-corrected chi connectivity index (χ2v) is 4.87. The van der Waals surface area contributed by atoms with Crippen LogP contribution in [0.3, 0.4) is 0 Å². The van der Waals surface area contributed by atoms with Crippen LogP contribution in [0.25, 0.3) is 10.9 Å². The van der Waals surface area contributed by atoms with Crippen molar-refractivity contribution in [2.75, 3.05) is 38.2 Å². The summed E-state index contributed by atoms with van der Waals surface area (Å²) in [4.78, 5) is 14.2. The molecule has 6 nitrogen and oxygen atoms in total. The van der Waals surface area contributed by atoms with Gasteiger partial charge in [-0.2, -0.15) is 5.10 Å². The van der Waals surface area contributed by atoms with E-state index < -0.39 is 0 Å². The van der Waals surface area contributed by atoms with Crippen molar-refractivity contribution in [3.8, 4) is 0 Å². The van der Waals surface area contributed by atoms with E-state index in [9.17, 15) is 4.79 Å². The number of hydrogen-bond acceptors (Lipinski definition) is 4. The molecule has 0 atom stereocenters. The van der Waals surface area contributed by atoms with Crippen molar-refractivity contribution in [2.45, 2.75) is 6.42 Å². The molecular weight excluding hydrogens is 256 g/mol. The third-order valence-electron chi connectivity index (χ3n) is 3.49. The van der Waals surface area contributed by atoms with Crippen LogP contribution in [0.1, 0.15) is 6.42 Å². The standard InChI is InChI=1S/C14H18N4O2/c19-13(5-6-18-7-9-20-10-8-18)15-14-11-3-1-2-4-12(11)16-17-14/h1-4H,5-10H2,(H2,15,16,17,19).